The number of aromatic nitrogens is 4. The Morgan fingerprint density at radius 2 is 2.00 bits per heavy atom. The predicted octanol–water partition coefficient (Wildman–Crippen LogP) is 4.65. The predicted molar refractivity (Wildman–Crippen MR) is 142 cm³/mol. The lowest BCUT2D eigenvalue weighted by molar-refractivity contribution is -0.0606. The number of carbonyl (C=O) groups is 1. The lowest BCUT2D eigenvalue weighted by atomic mass is 9.88. The Morgan fingerprint density at radius 3 is 2.84 bits per heavy atom. The van der Waals surface area contributed by atoms with E-state index in [0.29, 0.717) is 29.4 Å². The zero-order chi connectivity index (χ0) is 25.1. The fraction of sp³-hybridized carbons (Fsp3) is 0.483. The second kappa shape index (κ2) is 8.87. The average molecular weight is 500 g/mol. The number of amides is 1. The van der Waals surface area contributed by atoms with Crippen LogP contribution in [0.15, 0.2) is 36.4 Å². The molecule has 37 heavy (non-hydrogen) atoms. The van der Waals surface area contributed by atoms with E-state index in [1.807, 2.05) is 36.2 Å². The number of aryl methyl sites for hydroxylation is 1. The molecule has 7 rings (SSSR count). The van der Waals surface area contributed by atoms with Gasteiger partial charge in [0.2, 0.25) is 5.88 Å². The highest BCUT2D eigenvalue weighted by molar-refractivity contribution is 5.98. The number of fused-ring (bicyclic) bond motifs is 3. The molecule has 2 saturated heterocycles. The molecule has 1 amide bonds. The highest BCUT2D eigenvalue weighted by Gasteiger charge is 2.34. The van der Waals surface area contributed by atoms with Gasteiger partial charge in [0.05, 0.1) is 29.9 Å². The summed E-state index contributed by atoms with van der Waals surface area (Å²) in [7, 11) is 3.70. The highest BCUT2D eigenvalue weighted by atomic mass is 16.5. The SMILES string of the molecule is COc1ccc2cc(-c3nc4cc(C(=O)N5CC[C@@H]6OCCC[C@@H]6C5)ccc4n3C)n(CC3CC3)c2n1. The number of benzene rings is 1. The Hall–Kier alpha value is -3.39. The molecule has 192 valence electrons. The number of hydrogen-bond acceptors (Lipinski definition) is 5. The van der Waals surface area contributed by atoms with Gasteiger partial charge in [0, 0.05) is 56.2 Å². The summed E-state index contributed by atoms with van der Waals surface area (Å²) in [4.78, 5) is 25.3. The molecule has 0 N–H and O–H groups in total. The molecule has 1 aliphatic carbocycles. The summed E-state index contributed by atoms with van der Waals surface area (Å²) in [5.41, 5.74) is 4.54. The maximum atomic E-state index is 13.5. The van der Waals surface area contributed by atoms with Gasteiger partial charge in [0.1, 0.15) is 5.65 Å². The van der Waals surface area contributed by atoms with Crippen molar-refractivity contribution >= 4 is 28.0 Å². The zero-order valence-electron chi connectivity index (χ0n) is 21.5. The minimum absolute atomic E-state index is 0.0947. The van der Waals surface area contributed by atoms with Gasteiger partial charge in [0.25, 0.3) is 5.91 Å². The summed E-state index contributed by atoms with van der Waals surface area (Å²) in [5.74, 6) is 2.73. The smallest absolute Gasteiger partial charge is 0.253 e. The van der Waals surface area contributed by atoms with Crippen LogP contribution in [0.1, 0.15) is 42.5 Å². The Bertz CT molecular complexity index is 1500. The van der Waals surface area contributed by atoms with E-state index < -0.39 is 0 Å². The van der Waals surface area contributed by atoms with Gasteiger partial charge in [-0.1, -0.05) is 0 Å². The topological polar surface area (TPSA) is 74.4 Å². The van der Waals surface area contributed by atoms with Gasteiger partial charge in [-0.15, -0.1) is 0 Å². The molecule has 4 aromatic rings. The van der Waals surface area contributed by atoms with E-state index in [1.165, 1.54) is 12.8 Å². The lowest BCUT2D eigenvalue weighted by Crippen LogP contribution is -2.48. The molecular formula is C29H33N5O3. The number of ether oxygens (including phenoxy) is 2. The summed E-state index contributed by atoms with van der Waals surface area (Å²) < 4.78 is 15.8. The molecule has 3 fully saturated rings. The molecule has 2 aliphatic heterocycles. The van der Waals surface area contributed by atoms with Crippen LogP contribution >= 0.6 is 0 Å². The van der Waals surface area contributed by atoms with Crippen molar-refractivity contribution in [3.63, 3.8) is 0 Å². The zero-order valence-corrected chi connectivity index (χ0v) is 21.5. The summed E-state index contributed by atoms with van der Waals surface area (Å²) in [6.07, 6.45) is 5.98. The fourth-order valence-corrected chi connectivity index (χ4v) is 6.17. The minimum Gasteiger partial charge on any atom is -0.481 e. The van der Waals surface area contributed by atoms with Gasteiger partial charge >= 0.3 is 0 Å². The highest BCUT2D eigenvalue weighted by Crippen LogP contribution is 2.36. The second-order valence-electron chi connectivity index (χ2n) is 10.9. The Labute approximate surface area is 216 Å². The quantitative estimate of drug-likeness (QED) is 0.400. The fourth-order valence-electron chi connectivity index (χ4n) is 6.17. The van der Waals surface area contributed by atoms with Crippen LogP contribution in [-0.2, 0) is 18.3 Å². The number of nitrogens with zero attached hydrogens (tertiary/aromatic N) is 5. The second-order valence-corrected chi connectivity index (χ2v) is 10.9. The van der Waals surface area contributed by atoms with Crippen molar-refractivity contribution in [1.29, 1.82) is 0 Å². The standard InChI is InChI=1S/C29H33N5O3/c1-32-23-9-7-20(29(35)33-12-11-25-21(17-33)4-3-13-37-25)14-22(23)30-28(32)24-15-19-8-10-26(36-2)31-27(19)34(24)16-18-5-6-18/h7-10,14-15,18,21,25H,3-6,11-13,16-17H2,1-2H3/t21-,25+/m1/s1. The van der Waals surface area contributed by atoms with Crippen LogP contribution < -0.4 is 4.74 Å². The third kappa shape index (κ3) is 3.98. The minimum atomic E-state index is 0.0947. The Balaban J connectivity index is 1.24. The number of imidazole rings is 1. The molecular weight excluding hydrogens is 466 g/mol. The number of likely N-dealkylation sites (tertiary alicyclic amines) is 1. The van der Waals surface area contributed by atoms with E-state index in [1.54, 1.807) is 7.11 Å². The molecule has 0 spiro atoms. The first-order chi connectivity index (χ1) is 18.1. The number of piperidine rings is 1. The van der Waals surface area contributed by atoms with E-state index in [2.05, 4.69) is 21.3 Å². The van der Waals surface area contributed by atoms with Crippen LogP contribution in [0.2, 0.25) is 0 Å². The molecule has 0 radical (unpaired) electrons. The third-order valence-electron chi connectivity index (χ3n) is 8.42. The number of rotatable bonds is 5. The molecule has 2 atom stereocenters. The molecule has 8 nitrogen and oxygen atoms in total. The van der Waals surface area contributed by atoms with Crippen molar-refractivity contribution in [2.75, 3.05) is 26.8 Å². The van der Waals surface area contributed by atoms with Crippen LogP contribution in [0.3, 0.4) is 0 Å². The summed E-state index contributed by atoms with van der Waals surface area (Å²) >= 11 is 0. The van der Waals surface area contributed by atoms with E-state index in [4.69, 9.17) is 19.4 Å². The van der Waals surface area contributed by atoms with Crippen LogP contribution in [0.5, 0.6) is 5.88 Å². The third-order valence-corrected chi connectivity index (χ3v) is 8.42. The number of methoxy groups -OCH3 is 1. The van der Waals surface area contributed by atoms with Crippen LogP contribution in [-0.4, -0.2) is 62.8 Å². The lowest BCUT2D eigenvalue weighted by Gasteiger charge is -2.41. The number of hydrogen-bond donors (Lipinski definition) is 0. The molecule has 5 heterocycles. The molecule has 3 aliphatic rings. The Morgan fingerprint density at radius 1 is 1.11 bits per heavy atom. The summed E-state index contributed by atoms with van der Waals surface area (Å²) in [6.45, 7) is 3.32. The van der Waals surface area contributed by atoms with Crippen LogP contribution in [0, 0.1) is 11.8 Å². The van der Waals surface area contributed by atoms with Crippen LogP contribution in [0.25, 0.3) is 33.6 Å². The first-order valence-corrected chi connectivity index (χ1v) is 13.5. The van der Waals surface area contributed by atoms with E-state index in [9.17, 15) is 4.79 Å². The summed E-state index contributed by atoms with van der Waals surface area (Å²) in [6, 6.07) is 12.1. The van der Waals surface area contributed by atoms with Crippen molar-refractivity contribution in [3.05, 3.63) is 42.0 Å². The van der Waals surface area contributed by atoms with Crippen molar-refractivity contribution < 1.29 is 14.3 Å². The van der Waals surface area contributed by atoms with Gasteiger partial charge in [-0.25, -0.2) is 4.98 Å². The van der Waals surface area contributed by atoms with Gasteiger partial charge in [-0.05, 0) is 68.4 Å². The molecule has 1 saturated carbocycles. The van der Waals surface area contributed by atoms with E-state index in [-0.39, 0.29) is 5.91 Å². The molecule has 8 heteroatoms. The summed E-state index contributed by atoms with van der Waals surface area (Å²) in [5, 5.41) is 1.08. The van der Waals surface area contributed by atoms with Gasteiger partial charge in [0.15, 0.2) is 5.82 Å². The monoisotopic (exact) mass is 499 g/mol. The first kappa shape index (κ1) is 22.8. The normalized spacial score (nSPS) is 21.9. The van der Waals surface area contributed by atoms with E-state index >= 15 is 0 Å². The first-order valence-electron chi connectivity index (χ1n) is 13.5. The largest absolute Gasteiger partial charge is 0.481 e. The van der Waals surface area contributed by atoms with Crippen molar-refractivity contribution in [1.82, 2.24) is 24.0 Å². The average Bonchev–Trinajstić information content (AvgIpc) is 3.61. The van der Waals surface area contributed by atoms with E-state index in [0.717, 1.165) is 79.1 Å². The van der Waals surface area contributed by atoms with Gasteiger partial charge in [-0.3, -0.25) is 4.79 Å². The van der Waals surface area contributed by atoms with Crippen molar-refractivity contribution in [2.45, 2.75) is 44.8 Å². The number of carbonyl (C=O) groups excluding carboxylic acids is 1. The molecule has 3 aromatic heterocycles. The maximum Gasteiger partial charge on any atom is 0.253 e. The maximum absolute atomic E-state index is 13.5. The van der Waals surface area contributed by atoms with Crippen molar-refractivity contribution in [2.24, 2.45) is 18.9 Å². The van der Waals surface area contributed by atoms with Crippen LogP contribution in [0.4, 0.5) is 0 Å². The van der Waals surface area contributed by atoms with Gasteiger partial charge < -0.3 is 23.5 Å². The molecule has 0 bridgehead atoms. The molecule has 1 aromatic carbocycles. The Kier molecular flexibility index (Phi) is 5.46. The van der Waals surface area contributed by atoms with Crippen molar-refractivity contribution in [3.8, 4) is 17.4 Å². The van der Waals surface area contributed by atoms with Gasteiger partial charge in [-0.2, -0.15) is 4.98 Å². The molecule has 0 unspecified atom stereocenters. The number of pyridine rings is 1.